The molecule has 1 saturated heterocycles. The Morgan fingerprint density at radius 3 is 1.14 bits per heavy atom. The zero-order valence-electron chi connectivity index (χ0n) is 8.30. The molecule has 0 aliphatic carbocycles. The van der Waals surface area contributed by atoms with Gasteiger partial charge in [0.05, 0.1) is 0 Å². The van der Waals surface area contributed by atoms with E-state index in [9.17, 15) is 16.8 Å². The van der Waals surface area contributed by atoms with Gasteiger partial charge in [-0.15, -0.1) is 0 Å². The fraction of sp³-hybridized carbons (Fsp3) is 1.00. The van der Waals surface area contributed by atoms with Gasteiger partial charge in [0.25, 0.3) is 0 Å². The van der Waals surface area contributed by atoms with E-state index in [0.29, 0.717) is 0 Å². The maximum atomic E-state index is 13.8. The van der Waals surface area contributed by atoms with Crippen LogP contribution in [-0.4, -0.2) is 37.1 Å². The molecule has 1 rings (SSSR count). The molecule has 4 nitrogen and oxygen atoms in total. The molecule has 10 heteroatoms. The van der Waals surface area contributed by atoms with Gasteiger partial charge >= 0.3 is 79.4 Å². The quantitative estimate of drug-likeness (QED) is 0.586. The van der Waals surface area contributed by atoms with Crippen LogP contribution in [0.3, 0.4) is 0 Å². The van der Waals surface area contributed by atoms with Gasteiger partial charge in [0.2, 0.25) is 0 Å². The zero-order valence-corrected chi connectivity index (χ0v) is 10.1. The summed E-state index contributed by atoms with van der Waals surface area (Å²) in [6.45, 7) is 0. The van der Waals surface area contributed by atoms with Crippen molar-refractivity contribution in [1.82, 2.24) is 19.1 Å². The van der Waals surface area contributed by atoms with Gasteiger partial charge in [-0.2, -0.15) is 0 Å². The Kier molecular flexibility index (Phi) is 2.29. The van der Waals surface area contributed by atoms with E-state index < -0.39 is 15.4 Å². The Labute approximate surface area is 80.3 Å². The minimum absolute atomic E-state index is 0.1000. The van der Waals surface area contributed by atoms with Crippen molar-refractivity contribution in [3.63, 3.8) is 0 Å². The first kappa shape index (κ1) is 12.5. The third kappa shape index (κ3) is 0.991. The maximum absolute atomic E-state index is 13.8. The fourth-order valence-electron chi connectivity index (χ4n) is 1.44. The van der Waals surface area contributed by atoms with E-state index in [1.54, 1.807) is 10.2 Å². The first-order valence-electron chi connectivity index (χ1n) is 3.82. The van der Waals surface area contributed by atoms with E-state index in [-0.39, 0.29) is 8.88 Å². The molecule has 0 bridgehead atoms. The number of nitrogens with one attached hydrogen (secondary N) is 2. The molecule has 0 unspecified atom stereocenters. The van der Waals surface area contributed by atoms with Crippen LogP contribution in [0.5, 0.6) is 0 Å². The van der Waals surface area contributed by atoms with Gasteiger partial charge in [-0.3, -0.25) is 0 Å². The van der Waals surface area contributed by atoms with Gasteiger partial charge < -0.3 is 0 Å². The molecule has 0 amide bonds. The van der Waals surface area contributed by atoms with Crippen LogP contribution in [0.2, 0.25) is 0 Å². The fourth-order valence-corrected chi connectivity index (χ4v) is 9.49. The SMILES string of the molecule is CNP1(F)(F)N(C)P(F)(F)(NC)N1C. The van der Waals surface area contributed by atoms with Crippen molar-refractivity contribution in [3.8, 4) is 0 Å². The summed E-state index contributed by atoms with van der Waals surface area (Å²) in [5.41, 5.74) is 0. The molecule has 0 aromatic carbocycles. The molecule has 0 atom stereocenters. The average molecular weight is 256 g/mol. The van der Waals surface area contributed by atoms with Crippen molar-refractivity contribution in [3.05, 3.63) is 0 Å². The third-order valence-electron chi connectivity index (χ3n) is 2.71. The van der Waals surface area contributed by atoms with E-state index in [0.717, 1.165) is 28.2 Å². The Morgan fingerprint density at radius 2 is 1.00 bits per heavy atom. The molecule has 0 radical (unpaired) electrons. The molecule has 1 aliphatic rings. The van der Waals surface area contributed by atoms with Crippen molar-refractivity contribution in [2.24, 2.45) is 0 Å². The molecule has 1 aliphatic heterocycles. The summed E-state index contributed by atoms with van der Waals surface area (Å²) in [6.07, 6.45) is 0. The second-order valence-electron chi connectivity index (χ2n) is 3.08. The molecule has 88 valence electrons. The van der Waals surface area contributed by atoms with Crippen LogP contribution in [0.15, 0.2) is 0 Å². The number of hydrogen-bond donors (Lipinski definition) is 2. The molecular weight excluding hydrogens is 242 g/mol. The Morgan fingerprint density at radius 1 is 0.786 bits per heavy atom. The van der Waals surface area contributed by atoms with Gasteiger partial charge in [0, 0.05) is 0 Å². The summed E-state index contributed by atoms with van der Waals surface area (Å²) in [5.74, 6) is 0. The molecule has 0 aromatic rings. The van der Waals surface area contributed by atoms with Gasteiger partial charge in [-0.1, -0.05) is 0 Å². The second kappa shape index (κ2) is 2.56. The predicted octanol–water partition coefficient (Wildman–Crippen LogP) is 2.44. The number of hydrogen-bond acceptors (Lipinski definition) is 4. The average Bonchev–Trinajstić information content (AvgIpc) is 2.16. The third-order valence-corrected chi connectivity index (χ3v) is 11.8. The van der Waals surface area contributed by atoms with Crippen LogP contribution >= 0.6 is 15.4 Å². The molecule has 2 N–H and O–H groups in total. The first-order chi connectivity index (χ1) is 6.02. The monoisotopic (exact) mass is 256 g/mol. The minimum atomic E-state index is -5.72. The van der Waals surface area contributed by atoms with Crippen LogP contribution in [0.4, 0.5) is 16.8 Å². The summed E-state index contributed by atoms with van der Waals surface area (Å²) in [7, 11) is -7.99. The van der Waals surface area contributed by atoms with Crippen LogP contribution in [-0.2, 0) is 0 Å². The molecule has 0 spiro atoms. The molecule has 1 fully saturated rings. The standard InChI is InChI=1S/C4H14F4N4P2/c1-9-13(5,6)11(3)14(7,8,10-2)12(13)4/h9-10H,1-4H3. The number of halogens is 4. The summed E-state index contributed by atoms with van der Waals surface area (Å²) in [6, 6.07) is 0. The van der Waals surface area contributed by atoms with Gasteiger partial charge in [-0.25, -0.2) is 0 Å². The Bertz CT molecular complexity index is 241. The van der Waals surface area contributed by atoms with Crippen molar-refractivity contribution >= 4 is 15.4 Å². The molecular formula is C4H14F4N4P2. The van der Waals surface area contributed by atoms with Crippen LogP contribution < -0.4 is 10.2 Å². The van der Waals surface area contributed by atoms with Gasteiger partial charge in [-0.05, 0) is 0 Å². The van der Waals surface area contributed by atoms with Gasteiger partial charge in [0.15, 0.2) is 0 Å². The van der Waals surface area contributed by atoms with E-state index >= 15 is 0 Å². The van der Waals surface area contributed by atoms with E-state index in [4.69, 9.17) is 0 Å². The topological polar surface area (TPSA) is 30.5 Å². The van der Waals surface area contributed by atoms with E-state index in [2.05, 4.69) is 0 Å². The summed E-state index contributed by atoms with van der Waals surface area (Å²) in [5, 5.41) is 3.46. The molecule has 0 aromatic heterocycles. The second-order valence-corrected chi connectivity index (χ2v) is 10.3. The predicted molar refractivity (Wildman–Crippen MR) is 51.9 cm³/mol. The van der Waals surface area contributed by atoms with E-state index in [1.807, 2.05) is 0 Å². The van der Waals surface area contributed by atoms with Crippen LogP contribution in [0.25, 0.3) is 0 Å². The summed E-state index contributed by atoms with van der Waals surface area (Å²) < 4.78 is 54.8. The normalized spacial score (nSPS) is 39.7. The van der Waals surface area contributed by atoms with Crippen molar-refractivity contribution < 1.29 is 16.8 Å². The zero-order chi connectivity index (χ0) is 11.5. The van der Waals surface area contributed by atoms with E-state index in [1.165, 1.54) is 0 Å². The van der Waals surface area contributed by atoms with Gasteiger partial charge in [0.1, 0.15) is 0 Å². The first-order valence-corrected chi connectivity index (χ1v) is 7.66. The Balaban J connectivity index is 3.21. The number of nitrogens with zero attached hydrogens (tertiary/aromatic N) is 2. The number of rotatable bonds is 2. The van der Waals surface area contributed by atoms with Crippen molar-refractivity contribution in [1.29, 1.82) is 0 Å². The summed E-state index contributed by atoms with van der Waals surface area (Å²) >= 11 is 0. The van der Waals surface area contributed by atoms with Crippen LogP contribution in [0.1, 0.15) is 0 Å². The molecule has 14 heavy (non-hydrogen) atoms. The molecule has 1 heterocycles. The summed E-state index contributed by atoms with van der Waals surface area (Å²) in [4.78, 5) is 0. The van der Waals surface area contributed by atoms with Crippen molar-refractivity contribution in [2.45, 2.75) is 0 Å². The van der Waals surface area contributed by atoms with Crippen molar-refractivity contribution in [2.75, 3.05) is 28.2 Å². The van der Waals surface area contributed by atoms with Crippen LogP contribution in [0, 0.1) is 0 Å². The molecule has 0 saturated carbocycles. The Hall–Kier alpha value is 0.420.